The Morgan fingerprint density at radius 2 is 0.708 bits per heavy atom. The molecule has 0 aliphatic heterocycles. The van der Waals surface area contributed by atoms with Gasteiger partial charge in [-0.1, -0.05) is 173 Å². The Bertz CT molecular complexity index is 3810. The molecule has 2 heterocycles. The fourth-order valence-corrected chi connectivity index (χ4v) is 12.4. The van der Waals surface area contributed by atoms with Gasteiger partial charge in [0.2, 0.25) is 0 Å². The number of anilines is 6. The van der Waals surface area contributed by atoms with E-state index in [-0.39, 0.29) is 10.8 Å². The predicted molar refractivity (Wildman–Crippen MR) is 301 cm³/mol. The molecule has 2 aliphatic rings. The molecule has 0 fully saturated rings. The predicted octanol–water partition coefficient (Wildman–Crippen LogP) is 18.3. The van der Waals surface area contributed by atoms with Crippen molar-refractivity contribution < 1.29 is 0 Å². The molecule has 72 heavy (non-hydrogen) atoms. The lowest BCUT2D eigenvalue weighted by Crippen LogP contribution is -2.16. The second kappa shape index (κ2) is 15.8. The molecule has 0 unspecified atom stereocenters. The molecule has 0 spiro atoms. The summed E-state index contributed by atoms with van der Waals surface area (Å²) in [5, 5.41) is 7.32. The number of pyridine rings is 2. The minimum Gasteiger partial charge on any atom is -0.309 e. The van der Waals surface area contributed by atoms with Crippen molar-refractivity contribution in [3.05, 3.63) is 253 Å². The summed E-state index contributed by atoms with van der Waals surface area (Å²) in [5.74, 6) is 0. The highest BCUT2D eigenvalue weighted by atomic mass is 15.2. The van der Waals surface area contributed by atoms with Gasteiger partial charge in [0.25, 0.3) is 0 Å². The zero-order valence-electron chi connectivity index (χ0n) is 40.7. The third-order valence-electron chi connectivity index (χ3n) is 15.9. The summed E-state index contributed by atoms with van der Waals surface area (Å²) in [7, 11) is 0. The molecule has 10 aromatic carbocycles. The van der Waals surface area contributed by atoms with E-state index >= 15 is 0 Å². The van der Waals surface area contributed by atoms with Gasteiger partial charge in [0.05, 0.1) is 34.1 Å². The van der Waals surface area contributed by atoms with Crippen LogP contribution in [0.1, 0.15) is 49.9 Å². The van der Waals surface area contributed by atoms with Crippen LogP contribution in [0, 0.1) is 0 Å². The van der Waals surface area contributed by atoms with Crippen LogP contribution in [0.4, 0.5) is 34.1 Å². The minimum absolute atomic E-state index is 0.156. The zero-order valence-corrected chi connectivity index (χ0v) is 40.7. The van der Waals surface area contributed by atoms with Crippen LogP contribution in [0.5, 0.6) is 0 Å². The standard InChI is InChI=1S/C68H50N4/c1-67(2)53-17-7-5-15-49(53)65-55(67)19-13-23-61(65)71(47-33-25-43(26-34-47)57-21-9-11-41-69-57)59-39-31-45-30-38-52-60(40-32-46-29-37-51(59)63(45)64(46)52)72(48-35-27-44(28-36-48)58-22-10-12-42-70-58)62-24-14-20-56-66(62)50-16-6-8-18-54(50)68(56,3)4/h5-42H,1-4H3. The van der Waals surface area contributed by atoms with Crippen LogP contribution in [0.15, 0.2) is 231 Å². The number of aromatic nitrogens is 2. The fraction of sp³-hybridized carbons (Fsp3) is 0.0882. The molecule has 4 heteroatoms. The van der Waals surface area contributed by atoms with Gasteiger partial charge in [0.15, 0.2) is 0 Å². The van der Waals surface area contributed by atoms with Crippen molar-refractivity contribution in [2.75, 3.05) is 9.80 Å². The Kier molecular flexibility index (Phi) is 9.25. The summed E-state index contributed by atoms with van der Waals surface area (Å²) in [6, 6.07) is 80.5. The van der Waals surface area contributed by atoms with Gasteiger partial charge in [-0.25, -0.2) is 0 Å². The molecule has 0 saturated heterocycles. The summed E-state index contributed by atoms with van der Waals surface area (Å²) in [6.07, 6.45) is 3.73. The third-order valence-corrected chi connectivity index (χ3v) is 15.9. The molecule has 12 aromatic rings. The average Bonchev–Trinajstić information content (AvgIpc) is 3.82. The molecule has 0 bridgehead atoms. The topological polar surface area (TPSA) is 32.3 Å². The molecular formula is C68H50N4. The lowest BCUT2D eigenvalue weighted by molar-refractivity contribution is 0.660. The van der Waals surface area contributed by atoms with Gasteiger partial charge in [-0.3, -0.25) is 9.97 Å². The van der Waals surface area contributed by atoms with Crippen LogP contribution in [0.2, 0.25) is 0 Å². The Labute approximate surface area is 420 Å². The first-order valence-electron chi connectivity index (χ1n) is 25.1. The molecule has 0 amide bonds. The van der Waals surface area contributed by atoms with Crippen molar-refractivity contribution in [2.24, 2.45) is 0 Å². The SMILES string of the molecule is CC1(C)c2ccccc2-c2c(N(c3ccc(-c4ccccn4)cc3)c3ccc4ccc5c(N(c6ccc(-c7ccccn7)cc6)c6cccc7c6-c6ccccc6C7(C)C)ccc6ccc3c4c65)cccc21. The van der Waals surface area contributed by atoms with Gasteiger partial charge >= 0.3 is 0 Å². The van der Waals surface area contributed by atoms with E-state index in [0.717, 1.165) is 56.6 Å². The summed E-state index contributed by atoms with van der Waals surface area (Å²) < 4.78 is 0. The van der Waals surface area contributed by atoms with Crippen LogP contribution in [0.25, 0.3) is 77.1 Å². The van der Waals surface area contributed by atoms with Crippen molar-refractivity contribution in [1.82, 2.24) is 9.97 Å². The maximum Gasteiger partial charge on any atom is 0.0701 e. The van der Waals surface area contributed by atoms with Gasteiger partial charge in [0, 0.05) is 67.6 Å². The molecule has 2 aromatic heterocycles. The molecular weight excluding hydrogens is 873 g/mol. The van der Waals surface area contributed by atoms with Gasteiger partial charge in [-0.05, 0) is 128 Å². The van der Waals surface area contributed by atoms with Crippen molar-refractivity contribution in [3.63, 3.8) is 0 Å². The van der Waals surface area contributed by atoms with E-state index < -0.39 is 0 Å². The van der Waals surface area contributed by atoms with Crippen molar-refractivity contribution in [3.8, 4) is 44.8 Å². The lowest BCUT2D eigenvalue weighted by atomic mass is 9.82. The van der Waals surface area contributed by atoms with Gasteiger partial charge in [-0.2, -0.15) is 0 Å². The van der Waals surface area contributed by atoms with E-state index in [4.69, 9.17) is 9.97 Å². The van der Waals surface area contributed by atoms with E-state index in [1.54, 1.807) is 0 Å². The first-order chi connectivity index (χ1) is 35.3. The molecule has 4 nitrogen and oxygen atoms in total. The molecule has 2 aliphatic carbocycles. The molecule has 0 atom stereocenters. The highest BCUT2D eigenvalue weighted by molar-refractivity contribution is 6.28. The number of hydrogen-bond donors (Lipinski definition) is 0. The molecule has 0 N–H and O–H groups in total. The van der Waals surface area contributed by atoms with Gasteiger partial charge < -0.3 is 9.80 Å². The highest BCUT2D eigenvalue weighted by Gasteiger charge is 2.39. The van der Waals surface area contributed by atoms with Gasteiger partial charge in [-0.15, -0.1) is 0 Å². The number of fused-ring (bicyclic) bond motifs is 6. The first-order valence-corrected chi connectivity index (χ1v) is 25.1. The summed E-state index contributed by atoms with van der Waals surface area (Å²) in [5.41, 5.74) is 21.0. The van der Waals surface area contributed by atoms with E-state index in [9.17, 15) is 0 Å². The third kappa shape index (κ3) is 6.18. The van der Waals surface area contributed by atoms with E-state index in [1.165, 1.54) is 76.8 Å². The van der Waals surface area contributed by atoms with E-state index in [2.05, 4.69) is 244 Å². The lowest BCUT2D eigenvalue weighted by Gasteiger charge is -2.31. The maximum absolute atomic E-state index is 4.70. The quantitative estimate of drug-likeness (QED) is 0.142. The van der Waals surface area contributed by atoms with Crippen LogP contribution in [0.3, 0.4) is 0 Å². The summed E-state index contributed by atoms with van der Waals surface area (Å²) in [4.78, 5) is 14.4. The van der Waals surface area contributed by atoms with Crippen molar-refractivity contribution in [2.45, 2.75) is 38.5 Å². The molecule has 0 saturated carbocycles. The monoisotopic (exact) mass is 922 g/mol. The molecule has 14 rings (SSSR count). The summed E-state index contributed by atoms with van der Waals surface area (Å²) >= 11 is 0. The van der Waals surface area contributed by atoms with Gasteiger partial charge in [0.1, 0.15) is 0 Å². The Morgan fingerprint density at radius 1 is 0.319 bits per heavy atom. The zero-order chi connectivity index (χ0) is 48.3. The number of hydrogen-bond acceptors (Lipinski definition) is 4. The van der Waals surface area contributed by atoms with Crippen LogP contribution in [-0.2, 0) is 10.8 Å². The summed E-state index contributed by atoms with van der Waals surface area (Å²) in [6.45, 7) is 9.46. The van der Waals surface area contributed by atoms with Crippen LogP contribution in [-0.4, -0.2) is 9.97 Å². The second-order valence-electron chi connectivity index (χ2n) is 20.5. The number of rotatable bonds is 8. The molecule has 342 valence electrons. The van der Waals surface area contributed by atoms with E-state index in [0.29, 0.717) is 0 Å². The smallest absolute Gasteiger partial charge is 0.0701 e. The second-order valence-corrected chi connectivity index (χ2v) is 20.5. The maximum atomic E-state index is 4.70. The normalized spacial score (nSPS) is 13.8. The Balaban J connectivity index is 1.01. The van der Waals surface area contributed by atoms with Crippen molar-refractivity contribution >= 4 is 66.4 Å². The van der Waals surface area contributed by atoms with Crippen LogP contribution >= 0.6 is 0 Å². The van der Waals surface area contributed by atoms with Crippen molar-refractivity contribution in [1.29, 1.82) is 0 Å². The first kappa shape index (κ1) is 42.1. The number of nitrogens with zero attached hydrogens (tertiary/aromatic N) is 4. The average molecular weight is 923 g/mol. The van der Waals surface area contributed by atoms with Crippen LogP contribution < -0.4 is 9.80 Å². The van der Waals surface area contributed by atoms with E-state index in [1.807, 2.05) is 24.5 Å². The molecule has 0 radical (unpaired) electrons. The largest absolute Gasteiger partial charge is 0.309 e. The fourth-order valence-electron chi connectivity index (χ4n) is 12.4. The Morgan fingerprint density at radius 3 is 1.12 bits per heavy atom. The minimum atomic E-state index is -0.156. The number of benzene rings is 10. The Hall–Kier alpha value is -8.86. The highest BCUT2D eigenvalue weighted by Crippen LogP contribution is 2.57.